The molecule has 0 aromatic heterocycles. The molecule has 0 bridgehead atoms. The van der Waals surface area contributed by atoms with E-state index in [-0.39, 0.29) is 93.2 Å². The van der Waals surface area contributed by atoms with E-state index in [1.807, 2.05) is 14.7 Å². The van der Waals surface area contributed by atoms with Gasteiger partial charge in [0.1, 0.15) is 39.6 Å². The van der Waals surface area contributed by atoms with Crippen molar-refractivity contribution in [1.29, 1.82) is 0 Å². The van der Waals surface area contributed by atoms with Gasteiger partial charge in [0.25, 0.3) is 0 Å². The van der Waals surface area contributed by atoms with Gasteiger partial charge in [0.15, 0.2) is 0 Å². The fourth-order valence-electron chi connectivity index (χ4n) is 8.85. The average Bonchev–Trinajstić information content (AvgIpc) is 3.41. The Hall–Kier alpha value is -3.42. The molecule has 0 spiro atoms. The van der Waals surface area contributed by atoms with Crippen molar-refractivity contribution < 1.29 is 57.2 Å². The van der Waals surface area contributed by atoms with Crippen LogP contribution in [0.5, 0.6) is 0 Å². The van der Waals surface area contributed by atoms with E-state index in [0.29, 0.717) is 105 Å². The van der Waals surface area contributed by atoms with Gasteiger partial charge in [-0.05, 0) is 83.5 Å². The minimum atomic E-state index is -0.513. The second-order valence-electron chi connectivity index (χ2n) is 20.2. The maximum atomic E-state index is 13.5. The Balaban J connectivity index is 5.95. The summed E-state index contributed by atoms with van der Waals surface area (Å²) in [6.07, 6.45) is 12.9. The minimum absolute atomic E-state index is 0.0333. The van der Waals surface area contributed by atoms with Crippen LogP contribution < -0.4 is 0 Å². The quantitative estimate of drug-likeness (QED) is 0.0550. The highest BCUT2D eigenvalue weighted by Crippen LogP contribution is 2.25. The summed E-state index contributed by atoms with van der Waals surface area (Å²) in [6.45, 7) is 25.5. The molecule has 0 atom stereocenters. The third-order valence-corrected chi connectivity index (χ3v) is 14.3. The summed E-state index contributed by atoms with van der Waals surface area (Å²) in [4.78, 5) is 88.7. The van der Waals surface area contributed by atoms with Gasteiger partial charge < -0.3 is 57.8 Å². The lowest BCUT2D eigenvalue weighted by molar-refractivity contribution is -0.144. The third kappa shape index (κ3) is 30.4. The van der Waals surface area contributed by atoms with Crippen LogP contribution in [0.2, 0.25) is 0 Å². The number of rotatable bonds is 49. The molecule has 0 fully saturated rings. The first kappa shape index (κ1) is 71.6. The van der Waals surface area contributed by atoms with Crippen LogP contribution in [0.3, 0.4) is 0 Å². The van der Waals surface area contributed by atoms with Crippen molar-refractivity contribution in [3.8, 4) is 0 Å². The van der Waals surface area contributed by atoms with E-state index in [0.717, 1.165) is 77.0 Å². The molecule has 6 amide bonds. The number of hydrogen-bond acceptors (Lipinski definition) is 12. The van der Waals surface area contributed by atoms with Gasteiger partial charge in [-0.3, -0.25) is 28.8 Å². The zero-order valence-electron chi connectivity index (χ0n) is 49.9. The standard InChI is InChI=1S/C57H110N6O12/c1-14-24-30-58(11)51(64)39-73-42-54(67)61(48(17-4)18-5)33-27-36-70-45-57(23-10,46-71-37-28-34-62(49(19-6)20-7)55(68)43-74-40-52(65)59(12)31-25-15-2)47-72-38-29-35-63(50(21-8)22-9)56(69)44-75-41-53(66)60(13)32-26-16-3/h48-50H,14-47H2,1-13H3. The second kappa shape index (κ2) is 44.5. The zero-order chi connectivity index (χ0) is 56.4. The largest absolute Gasteiger partial charge is 0.381 e. The smallest absolute Gasteiger partial charge is 0.248 e. The number of hydrogen-bond donors (Lipinski definition) is 0. The summed E-state index contributed by atoms with van der Waals surface area (Å²) in [5, 5.41) is 0. The van der Waals surface area contributed by atoms with Gasteiger partial charge in [0, 0.05) is 104 Å². The highest BCUT2D eigenvalue weighted by Gasteiger charge is 2.31. The number of ether oxygens (including phenoxy) is 6. The lowest BCUT2D eigenvalue weighted by Crippen LogP contribution is -2.44. The van der Waals surface area contributed by atoms with Gasteiger partial charge in [0.2, 0.25) is 35.4 Å². The molecule has 75 heavy (non-hydrogen) atoms. The molecule has 440 valence electrons. The van der Waals surface area contributed by atoms with E-state index in [4.69, 9.17) is 28.4 Å². The summed E-state index contributed by atoms with van der Waals surface area (Å²) in [5.41, 5.74) is -0.513. The molecule has 0 unspecified atom stereocenters. The highest BCUT2D eigenvalue weighted by atomic mass is 16.5. The highest BCUT2D eigenvalue weighted by molar-refractivity contribution is 5.81. The summed E-state index contributed by atoms with van der Waals surface area (Å²) in [5.74, 6) is -0.858. The molecule has 0 rings (SSSR count). The summed E-state index contributed by atoms with van der Waals surface area (Å²) >= 11 is 0. The fourth-order valence-corrected chi connectivity index (χ4v) is 8.85. The van der Waals surface area contributed by atoms with Crippen molar-refractivity contribution >= 4 is 35.4 Å². The molecular formula is C57H110N6O12. The van der Waals surface area contributed by atoms with Crippen LogP contribution in [0.15, 0.2) is 0 Å². The van der Waals surface area contributed by atoms with Crippen LogP contribution in [0.4, 0.5) is 0 Å². The van der Waals surface area contributed by atoms with Crippen LogP contribution in [-0.2, 0) is 57.2 Å². The molecule has 0 aromatic rings. The van der Waals surface area contributed by atoms with Gasteiger partial charge in [-0.25, -0.2) is 0 Å². The lowest BCUT2D eigenvalue weighted by Gasteiger charge is -2.34. The maximum absolute atomic E-state index is 13.5. The summed E-state index contributed by atoms with van der Waals surface area (Å²) in [7, 11) is 5.27. The molecule has 18 heteroatoms. The number of likely N-dealkylation sites (N-methyl/N-ethyl adjacent to an activating group) is 3. The zero-order valence-corrected chi connectivity index (χ0v) is 49.9. The Bertz CT molecular complexity index is 1340. The molecular weight excluding hydrogens is 961 g/mol. The SMILES string of the molecule is CCCCN(C)C(=O)COCC(=O)N(CCCOCC(CC)(COCCCN(C(=O)COCC(=O)N(C)CCCC)C(CC)CC)COCCCN(C(=O)COCC(=O)N(C)CCCC)C(CC)CC)C(CC)CC. The van der Waals surface area contributed by atoms with E-state index in [1.54, 1.807) is 35.8 Å². The number of amides is 6. The van der Waals surface area contributed by atoms with Gasteiger partial charge in [0.05, 0.1) is 19.8 Å². The third-order valence-electron chi connectivity index (χ3n) is 14.3. The van der Waals surface area contributed by atoms with E-state index in [2.05, 4.69) is 69.2 Å². The Morgan fingerprint density at radius 3 is 0.787 bits per heavy atom. The predicted octanol–water partition coefficient (Wildman–Crippen LogP) is 7.48. The first-order chi connectivity index (χ1) is 36.0. The van der Waals surface area contributed by atoms with Crippen LogP contribution in [0.25, 0.3) is 0 Å². The van der Waals surface area contributed by atoms with Crippen molar-refractivity contribution in [2.24, 2.45) is 5.41 Å². The number of nitrogens with zero attached hydrogens (tertiary/aromatic N) is 6. The lowest BCUT2D eigenvalue weighted by atomic mass is 9.88. The Morgan fingerprint density at radius 2 is 0.573 bits per heavy atom. The van der Waals surface area contributed by atoms with Crippen LogP contribution in [0, 0.1) is 5.41 Å². The Kier molecular flexibility index (Phi) is 42.5. The van der Waals surface area contributed by atoms with E-state index < -0.39 is 5.41 Å². The molecule has 0 heterocycles. The molecule has 0 aliphatic heterocycles. The molecule has 0 saturated heterocycles. The normalized spacial score (nSPS) is 11.7. The van der Waals surface area contributed by atoms with Gasteiger partial charge in [-0.2, -0.15) is 0 Å². The molecule has 0 aliphatic carbocycles. The van der Waals surface area contributed by atoms with Crippen molar-refractivity contribution in [3.05, 3.63) is 0 Å². The molecule has 0 saturated carbocycles. The van der Waals surface area contributed by atoms with Crippen LogP contribution in [-0.4, -0.2) is 223 Å². The summed E-state index contributed by atoms with van der Waals surface area (Å²) in [6, 6.07) is 0.1000. The van der Waals surface area contributed by atoms with E-state index >= 15 is 0 Å². The first-order valence-electron chi connectivity index (χ1n) is 29.1. The first-order valence-corrected chi connectivity index (χ1v) is 29.1. The Labute approximate surface area is 455 Å². The fraction of sp³-hybridized carbons (Fsp3) is 0.895. The van der Waals surface area contributed by atoms with Crippen molar-refractivity contribution in [2.75, 3.05) is 140 Å². The average molecular weight is 1070 g/mol. The Morgan fingerprint density at radius 1 is 0.333 bits per heavy atom. The molecule has 18 nitrogen and oxygen atoms in total. The van der Waals surface area contributed by atoms with Crippen molar-refractivity contribution in [3.63, 3.8) is 0 Å². The molecule has 0 radical (unpaired) electrons. The second-order valence-corrected chi connectivity index (χ2v) is 20.2. The maximum Gasteiger partial charge on any atom is 0.248 e. The number of unbranched alkanes of at least 4 members (excludes halogenated alkanes) is 3. The molecule has 0 aromatic carbocycles. The van der Waals surface area contributed by atoms with Gasteiger partial charge in [-0.1, -0.05) is 88.5 Å². The number of carbonyl (C=O) groups is 6. The van der Waals surface area contributed by atoms with Gasteiger partial charge in [-0.15, -0.1) is 0 Å². The summed E-state index contributed by atoms with van der Waals surface area (Å²) < 4.78 is 36.2. The van der Waals surface area contributed by atoms with E-state index in [1.165, 1.54) is 0 Å². The molecule has 0 aliphatic rings. The molecule has 0 N–H and O–H groups in total. The number of carbonyl (C=O) groups excluding carboxylic acids is 6. The van der Waals surface area contributed by atoms with Crippen molar-refractivity contribution in [2.45, 2.75) is 190 Å². The minimum Gasteiger partial charge on any atom is -0.381 e. The van der Waals surface area contributed by atoms with Crippen LogP contribution >= 0.6 is 0 Å². The topological polar surface area (TPSA) is 177 Å². The monoisotopic (exact) mass is 1070 g/mol. The predicted molar refractivity (Wildman–Crippen MR) is 297 cm³/mol. The van der Waals surface area contributed by atoms with E-state index in [9.17, 15) is 28.8 Å². The van der Waals surface area contributed by atoms with Gasteiger partial charge >= 0.3 is 0 Å². The van der Waals surface area contributed by atoms with Crippen molar-refractivity contribution in [1.82, 2.24) is 29.4 Å². The van der Waals surface area contributed by atoms with Crippen LogP contribution in [0.1, 0.15) is 172 Å².